The van der Waals surface area contributed by atoms with Gasteiger partial charge in [-0.25, -0.2) is 4.99 Å². The number of hydrogen-bond acceptors (Lipinski definition) is 6. The molecule has 2 heterocycles. The number of nitrogens with zero attached hydrogens (tertiary/aromatic N) is 2. The number of aromatic amines is 1. The van der Waals surface area contributed by atoms with Crippen LogP contribution < -0.4 is 22.1 Å². The van der Waals surface area contributed by atoms with Crippen molar-refractivity contribution in [2.24, 2.45) is 10.7 Å². The van der Waals surface area contributed by atoms with Gasteiger partial charge >= 0.3 is 0 Å². The van der Waals surface area contributed by atoms with Crippen molar-refractivity contribution in [1.29, 1.82) is 0 Å². The highest BCUT2D eigenvalue weighted by molar-refractivity contribution is 6.12. The third-order valence-corrected chi connectivity index (χ3v) is 5.01. The zero-order chi connectivity index (χ0) is 18.4. The molecule has 1 aromatic heterocycles. The van der Waals surface area contributed by atoms with Gasteiger partial charge in [0.15, 0.2) is 5.82 Å². The second-order valence-electron chi connectivity index (χ2n) is 7.13. The number of nitrogen functional groups attached to an aromatic ring is 1. The molecule has 0 spiro atoms. The van der Waals surface area contributed by atoms with Crippen LogP contribution in [0.2, 0.25) is 0 Å². The molecule has 3 aromatic rings. The van der Waals surface area contributed by atoms with E-state index in [2.05, 4.69) is 20.8 Å². The molecule has 1 saturated carbocycles. The lowest BCUT2D eigenvalue weighted by molar-refractivity contribution is 0.538. The van der Waals surface area contributed by atoms with Gasteiger partial charge in [0.05, 0.1) is 0 Å². The Morgan fingerprint density at radius 2 is 1.85 bits per heavy atom. The van der Waals surface area contributed by atoms with Crippen molar-refractivity contribution >= 4 is 23.0 Å². The van der Waals surface area contributed by atoms with Crippen LogP contribution in [0.15, 0.2) is 59.6 Å². The SMILES string of the molecule is Nc1ccc(C2(N)N=C(Nc3cc(C4CC4)[nH]n3)c3ccccc3N2)cc1. The number of anilines is 3. The average Bonchev–Trinajstić information content (AvgIpc) is 3.41. The molecule has 1 aliphatic heterocycles. The van der Waals surface area contributed by atoms with Gasteiger partial charge in [-0.05, 0) is 37.1 Å². The van der Waals surface area contributed by atoms with E-state index in [1.54, 1.807) is 0 Å². The van der Waals surface area contributed by atoms with Gasteiger partial charge in [0, 0.05) is 40.2 Å². The van der Waals surface area contributed by atoms with E-state index in [1.807, 2.05) is 54.6 Å². The highest BCUT2D eigenvalue weighted by Gasteiger charge is 2.33. The highest BCUT2D eigenvalue weighted by atomic mass is 15.3. The van der Waals surface area contributed by atoms with Crippen LogP contribution in [0.25, 0.3) is 0 Å². The zero-order valence-electron chi connectivity index (χ0n) is 14.7. The van der Waals surface area contributed by atoms with Gasteiger partial charge < -0.3 is 16.4 Å². The molecule has 1 fully saturated rings. The van der Waals surface area contributed by atoms with E-state index < -0.39 is 5.79 Å². The van der Waals surface area contributed by atoms with Crippen LogP contribution in [-0.2, 0) is 5.79 Å². The molecule has 136 valence electrons. The third-order valence-electron chi connectivity index (χ3n) is 5.01. The maximum atomic E-state index is 6.65. The second kappa shape index (κ2) is 5.85. The number of fused-ring (bicyclic) bond motifs is 1. The number of para-hydroxylation sites is 1. The van der Waals surface area contributed by atoms with Gasteiger partial charge in [-0.1, -0.05) is 24.3 Å². The number of H-pyrrole nitrogens is 1. The summed E-state index contributed by atoms with van der Waals surface area (Å²) < 4.78 is 0. The molecule has 2 aliphatic rings. The average molecular weight is 359 g/mol. The van der Waals surface area contributed by atoms with Crippen molar-refractivity contribution in [3.63, 3.8) is 0 Å². The largest absolute Gasteiger partial charge is 0.399 e. The van der Waals surface area contributed by atoms with Crippen LogP contribution in [0.4, 0.5) is 17.2 Å². The minimum atomic E-state index is -1.10. The van der Waals surface area contributed by atoms with Crippen LogP contribution in [0.3, 0.4) is 0 Å². The van der Waals surface area contributed by atoms with E-state index in [1.165, 1.54) is 12.8 Å². The Balaban J connectivity index is 1.54. The molecule has 5 rings (SSSR count). The van der Waals surface area contributed by atoms with E-state index in [9.17, 15) is 0 Å². The molecule has 7 nitrogen and oxygen atoms in total. The molecule has 0 bridgehead atoms. The van der Waals surface area contributed by atoms with E-state index >= 15 is 0 Å². The van der Waals surface area contributed by atoms with Crippen LogP contribution in [-0.4, -0.2) is 16.0 Å². The Labute approximate surface area is 156 Å². The molecule has 0 saturated heterocycles. The molecule has 7 N–H and O–H groups in total. The first kappa shape index (κ1) is 15.9. The Kier molecular flexibility index (Phi) is 3.45. The van der Waals surface area contributed by atoms with Crippen LogP contribution in [0.1, 0.15) is 35.6 Å². The minimum absolute atomic E-state index is 0.610. The maximum Gasteiger partial charge on any atom is 0.211 e. The Hall–Kier alpha value is -3.32. The monoisotopic (exact) mass is 359 g/mol. The number of aliphatic imine (C=N–C) groups is 1. The number of rotatable bonds is 3. The summed E-state index contributed by atoms with van der Waals surface area (Å²) in [5.41, 5.74) is 17.0. The second-order valence-corrected chi connectivity index (χ2v) is 7.13. The Bertz CT molecular complexity index is 1020. The summed E-state index contributed by atoms with van der Waals surface area (Å²) >= 11 is 0. The van der Waals surface area contributed by atoms with Gasteiger partial charge in [0.1, 0.15) is 5.84 Å². The Morgan fingerprint density at radius 3 is 2.63 bits per heavy atom. The van der Waals surface area contributed by atoms with Crippen LogP contribution in [0.5, 0.6) is 0 Å². The first-order valence-corrected chi connectivity index (χ1v) is 9.05. The summed E-state index contributed by atoms with van der Waals surface area (Å²) in [6.07, 6.45) is 2.44. The van der Waals surface area contributed by atoms with Crippen LogP contribution in [0, 0.1) is 0 Å². The molecular weight excluding hydrogens is 338 g/mol. The topological polar surface area (TPSA) is 117 Å². The fraction of sp³-hybridized carbons (Fsp3) is 0.200. The lowest BCUT2D eigenvalue weighted by atomic mass is 10.0. The molecule has 7 heteroatoms. The first-order valence-electron chi connectivity index (χ1n) is 9.05. The van der Waals surface area contributed by atoms with Crippen molar-refractivity contribution in [1.82, 2.24) is 10.2 Å². The number of nitrogens with two attached hydrogens (primary N) is 2. The highest BCUT2D eigenvalue weighted by Crippen LogP contribution is 2.39. The number of nitrogens with one attached hydrogen (secondary N) is 3. The lowest BCUT2D eigenvalue weighted by Crippen LogP contribution is -2.47. The van der Waals surface area contributed by atoms with Gasteiger partial charge in [-0.15, -0.1) is 0 Å². The van der Waals surface area contributed by atoms with E-state index in [0.29, 0.717) is 17.4 Å². The maximum absolute atomic E-state index is 6.65. The minimum Gasteiger partial charge on any atom is -0.399 e. The molecule has 27 heavy (non-hydrogen) atoms. The van der Waals surface area contributed by atoms with Gasteiger partial charge in [-0.2, -0.15) is 5.10 Å². The quantitative estimate of drug-likeness (QED) is 0.461. The molecule has 1 unspecified atom stereocenters. The smallest absolute Gasteiger partial charge is 0.211 e. The number of amidine groups is 1. The van der Waals surface area contributed by atoms with Crippen molar-refractivity contribution in [2.45, 2.75) is 24.5 Å². The molecule has 0 radical (unpaired) electrons. The third kappa shape index (κ3) is 2.92. The molecule has 2 aromatic carbocycles. The van der Waals surface area contributed by atoms with E-state index in [-0.39, 0.29) is 0 Å². The fourth-order valence-electron chi connectivity index (χ4n) is 3.36. The van der Waals surface area contributed by atoms with Crippen molar-refractivity contribution in [3.8, 4) is 0 Å². The van der Waals surface area contributed by atoms with Crippen LogP contribution >= 0.6 is 0 Å². The summed E-state index contributed by atoms with van der Waals surface area (Å²) in [6.45, 7) is 0. The summed E-state index contributed by atoms with van der Waals surface area (Å²) in [6, 6.07) is 17.4. The molecule has 1 aliphatic carbocycles. The zero-order valence-corrected chi connectivity index (χ0v) is 14.7. The van der Waals surface area contributed by atoms with Crippen molar-refractivity contribution in [3.05, 3.63) is 71.4 Å². The predicted molar refractivity (Wildman–Crippen MR) is 108 cm³/mol. The van der Waals surface area contributed by atoms with Gasteiger partial charge in [0.25, 0.3) is 0 Å². The first-order chi connectivity index (χ1) is 13.1. The lowest BCUT2D eigenvalue weighted by Gasteiger charge is -2.34. The van der Waals surface area contributed by atoms with Crippen molar-refractivity contribution < 1.29 is 0 Å². The Morgan fingerprint density at radius 1 is 1.07 bits per heavy atom. The number of aromatic nitrogens is 2. The predicted octanol–water partition coefficient (Wildman–Crippen LogP) is 2.92. The fourth-order valence-corrected chi connectivity index (χ4v) is 3.36. The van der Waals surface area contributed by atoms with Gasteiger partial charge in [-0.3, -0.25) is 10.8 Å². The van der Waals surface area contributed by atoms with E-state index in [4.69, 9.17) is 16.5 Å². The van der Waals surface area contributed by atoms with Gasteiger partial charge in [0.2, 0.25) is 5.79 Å². The number of hydrogen-bond donors (Lipinski definition) is 5. The summed E-state index contributed by atoms with van der Waals surface area (Å²) in [4.78, 5) is 4.80. The summed E-state index contributed by atoms with van der Waals surface area (Å²) in [7, 11) is 0. The molecule has 1 atom stereocenters. The summed E-state index contributed by atoms with van der Waals surface area (Å²) in [5.74, 6) is 0.934. The standard InChI is InChI=1S/C20H21N7/c21-14-9-7-13(8-10-14)20(22)24-16-4-2-1-3-15(16)19(25-20)23-18-11-17(26-27-18)12-5-6-12/h1-4,7-12,24H,5-6,21-22H2,(H2,23,25,26,27). The molecular formula is C20H21N7. The molecule has 0 amide bonds. The number of benzene rings is 2. The summed E-state index contributed by atoms with van der Waals surface area (Å²) in [5, 5.41) is 14.2. The normalized spacial score (nSPS) is 21.1. The van der Waals surface area contributed by atoms with E-state index in [0.717, 1.165) is 28.3 Å². The van der Waals surface area contributed by atoms with Crippen molar-refractivity contribution in [2.75, 3.05) is 16.4 Å².